The van der Waals surface area contributed by atoms with Crippen LogP contribution in [0.25, 0.3) is 0 Å². The molecule has 1 fully saturated rings. The fraction of sp³-hybridized carbons (Fsp3) is 0.318. The van der Waals surface area contributed by atoms with Crippen LogP contribution in [0.2, 0.25) is 10.0 Å². The Morgan fingerprint density at radius 1 is 0.966 bits per heavy atom. The normalized spacial score (nSPS) is 15.1. The van der Waals surface area contributed by atoms with E-state index >= 15 is 0 Å². The summed E-state index contributed by atoms with van der Waals surface area (Å²) < 4.78 is 0. The third kappa shape index (κ3) is 5.81. The highest BCUT2D eigenvalue weighted by Crippen LogP contribution is 2.25. The van der Waals surface area contributed by atoms with Gasteiger partial charge in [-0.15, -0.1) is 0 Å². The average molecular weight is 432 g/mol. The van der Waals surface area contributed by atoms with Gasteiger partial charge in [-0.1, -0.05) is 54.6 Å². The van der Waals surface area contributed by atoms with Gasteiger partial charge in [0, 0.05) is 17.2 Å². The lowest BCUT2D eigenvalue weighted by molar-refractivity contribution is -0.120. The van der Waals surface area contributed by atoms with Crippen LogP contribution in [0, 0.1) is 5.92 Å². The van der Waals surface area contributed by atoms with Gasteiger partial charge in [0.2, 0.25) is 5.91 Å². The number of hydrogen-bond acceptors (Lipinski definition) is 3. The van der Waals surface area contributed by atoms with Gasteiger partial charge in [0.25, 0.3) is 5.91 Å². The SMILES string of the molecule is C/C(=N\NC(=O)c1ccc(Cl)c(Cl)c1)c1cccc(NC(=O)C2CCCCC2)c1. The predicted octanol–water partition coefficient (Wildman–Crippen LogP) is 5.67. The van der Waals surface area contributed by atoms with Crippen molar-refractivity contribution in [1.82, 2.24) is 5.43 Å². The van der Waals surface area contributed by atoms with E-state index in [0.717, 1.165) is 36.9 Å². The summed E-state index contributed by atoms with van der Waals surface area (Å²) in [5.41, 5.74) is 5.03. The molecule has 7 heteroatoms. The number of rotatable bonds is 5. The number of carbonyl (C=O) groups is 2. The van der Waals surface area contributed by atoms with Crippen LogP contribution in [0.5, 0.6) is 0 Å². The molecular weight excluding hydrogens is 409 g/mol. The van der Waals surface area contributed by atoms with Gasteiger partial charge >= 0.3 is 0 Å². The second kappa shape index (κ2) is 9.90. The van der Waals surface area contributed by atoms with Gasteiger partial charge in [0.05, 0.1) is 15.8 Å². The van der Waals surface area contributed by atoms with E-state index in [1.54, 1.807) is 19.1 Å². The largest absolute Gasteiger partial charge is 0.326 e. The number of halogens is 2. The van der Waals surface area contributed by atoms with Gasteiger partial charge in [-0.2, -0.15) is 5.10 Å². The van der Waals surface area contributed by atoms with Crippen LogP contribution >= 0.6 is 23.2 Å². The maximum Gasteiger partial charge on any atom is 0.271 e. The minimum atomic E-state index is -0.385. The molecule has 2 N–H and O–H groups in total. The van der Waals surface area contributed by atoms with Crippen molar-refractivity contribution >= 4 is 46.4 Å². The van der Waals surface area contributed by atoms with Gasteiger partial charge in [0.1, 0.15) is 0 Å². The molecule has 2 aromatic rings. The number of hydrazone groups is 1. The molecule has 2 amide bonds. The zero-order chi connectivity index (χ0) is 20.8. The Labute approximate surface area is 180 Å². The molecule has 1 saturated carbocycles. The Morgan fingerprint density at radius 2 is 1.72 bits per heavy atom. The van der Waals surface area contributed by atoms with E-state index in [1.165, 1.54) is 12.5 Å². The Bertz CT molecular complexity index is 937. The van der Waals surface area contributed by atoms with Crippen LogP contribution in [0.1, 0.15) is 54.9 Å². The van der Waals surface area contributed by atoms with Gasteiger partial charge in [-0.3, -0.25) is 9.59 Å². The smallest absolute Gasteiger partial charge is 0.271 e. The number of anilines is 1. The van der Waals surface area contributed by atoms with Crippen LogP contribution in [0.3, 0.4) is 0 Å². The monoisotopic (exact) mass is 431 g/mol. The van der Waals surface area contributed by atoms with Crippen LogP contribution in [-0.2, 0) is 4.79 Å². The predicted molar refractivity (Wildman–Crippen MR) is 118 cm³/mol. The highest BCUT2D eigenvalue weighted by molar-refractivity contribution is 6.42. The Morgan fingerprint density at radius 3 is 2.45 bits per heavy atom. The molecule has 0 heterocycles. The first-order valence-corrected chi connectivity index (χ1v) is 10.4. The minimum Gasteiger partial charge on any atom is -0.326 e. The quantitative estimate of drug-likeness (QED) is 0.472. The van der Waals surface area contributed by atoms with Crippen molar-refractivity contribution in [2.75, 3.05) is 5.32 Å². The zero-order valence-corrected chi connectivity index (χ0v) is 17.7. The second-order valence-electron chi connectivity index (χ2n) is 7.17. The summed E-state index contributed by atoms with van der Waals surface area (Å²) in [5, 5.41) is 7.85. The molecule has 0 saturated heterocycles. The van der Waals surface area contributed by atoms with Gasteiger partial charge in [-0.25, -0.2) is 5.43 Å². The first-order valence-electron chi connectivity index (χ1n) is 9.65. The number of nitrogens with one attached hydrogen (secondary N) is 2. The topological polar surface area (TPSA) is 70.6 Å². The van der Waals surface area contributed by atoms with Crippen molar-refractivity contribution in [1.29, 1.82) is 0 Å². The third-order valence-corrected chi connectivity index (χ3v) is 5.77. The lowest BCUT2D eigenvalue weighted by atomic mass is 9.88. The van der Waals surface area contributed by atoms with E-state index in [2.05, 4.69) is 15.8 Å². The van der Waals surface area contributed by atoms with E-state index in [0.29, 0.717) is 21.3 Å². The lowest BCUT2D eigenvalue weighted by Gasteiger charge is -2.20. The minimum absolute atomic E-state index is 0.0735. The van der Waals surface area contributed by atoms with Gasteiger partial charge in [0.15, 0.2) is 0 Å². The molecule has 0 atom stereocenters. The highest BCUT2D eigenvalue weighted by atomic mass is 35.5. The van der Waals surface area contributed by atoms with Crippen molar-refractivity contribution in [2.45, 2.75) is 39.0 Å². The summed E-state index contributed by atoms with van der Waals surface area (Å²) in [6.45, 7) is 1.79. The highest BCUT2D eigenvalue weighted by Gasteiger charge is 2.21. The first-order chi connectivity index (χ1) is 13.9. The average Bonchev–Trinajstić information content (AvgIpc) is 2.74. The van der Waals surface area contributed by atoms with Crippen LogP contribution < -0.4 is 10.7 Å². The van der Waals surface area contributed by atoms with Gasteiger partial charge in [-0.05, 0) is 55.7 Å². The number of carbonyl (C=O) groups excluding carboxylic acids is 2. The second-order valence-corrected chi connectivity index (χ2v) is 7.99. The maximum absolute atomic E-state index is 12.5. The summed E-state index contributed by atoms with van der Waals surface area (Å²) in [5.74, 6) is -0.221. The molecule has 0 bridgehead atoms. The van der Waals surface area contributed by atoms with Crippen molar-refractivity contribution in [3.63, 3.8) is 0 Å². The summed E-state index contributed by atoms with van der Waals surface area (Å²) in [4.78, 5) is 24.7. The zero-order valence-electron chi connectivity index (χ0n) is 16.2. The maximum atomic E-state index is 12.5. The summed E-state index contributed by atoms with van der Waals surface area (Å²) >= 11 is 11.8. The standard InChI is InChI=1S/C22H23Cl2N3O2/c1-14(26-27-22(29)17-10-11-19(23)20(24)13-17)16-8-5-9-18(12-16)25-21(28)15-6-3-2-4-7-15/h5,8-13,15H,2-4,6-7H2,1H3,(H,25,28)(H,27,29)/b26-14+. The van der Waals surface area contributed by atoms with E-state index < -0.39 is 0 Å². The molecule has 5 nitrogen and oxygen atoms in total. The molecule has 0 spiro atoms. The molecule has 1 aliphatic carbocycles. The number of nitrogens with zero attached hydrogens (tertiary/aromatic N) is 1. The van der Waals surface area contributed by atoms with Crippen molar-refractivity contribution < 1.29 is 9.59 Å². The summed E-state index contributed by atoms with van der Waals surface area (Å²) in [6.07, 6.45) is 5.34. The molecule has 29 heavy (non-hydrogen) atoms. The van der Waals surface area contributed by atoms with Crippen LogP contribution in [0.4, 0.5) is 5.69 Å². The molecule has 152 valence electrons. The Balaban J connectivity index is 1.64. The van der Waals surface area contributed by atoms with Crippen molar-refractivity contribution in [2.24, 2.45) is 11.0 Å². The van der Waals surface area contributed by atoms with E-state index in [4.69, 9.17) is 23.2 Å². The van der Waals surface area contributed by atoms with E-state index in [1.807, 2.05) is 24.3 Å². The van der Waals surface area contributed by atoms with Crippen molar-refractivity contribution in [3.8, 4) is 0 Å². The molecule has 0 radical (unpaired) electrons. The third-order valence-electron chi connectivity index (χ3n) is 5.03. The van der Waals surface area contributed by atoms with E-state index in [-0.39, 0.29) is 17.7 Å². The lowest BCUT2D eigenvalue weighted by Crippen LogP contribution is -2.24. The molecule has 0 aliphatic heterocycles. The summed E-state index contributed by atoms with van der Waals surface area (Å²) in [6, 6.07) is 12.1. The number of hydrogen-bond donors (Lipinski definition) is 2. The Hall–Kier alpha value is -2.37. The van der Waals surface area contributed by atoms with Crippen LogP contribution in [-0.4, -0.2) is 17.5 Å². The molecule has 1 aliphatic rings. The first kappa shape index (κ1) is 21.3. The fourth-order valence-corrected chi connectivity index (χ4v) is 3.63. The fourth-order valence-electron chi connectivity index (χ4n) is 3.33. The van der Waals surface area contributed by atoms with E-state index in [9.17, 15) is 9.59 Å². The van der Waals surface area contributed by atoms with Crippen molar-refractivity contribution in [3.05, 3.63) is 63.6 Å². The number of amides is 2. The molecular formula is C22H23Cl2N3O2. The summed E-state index contributed by atoms with van der Waals surface area (Å²) in [7, 11) is 0. The van der Waals surface area contributed by atoms with Crippen LogP contribution in [0.15, 0.2) is 47.6 Å². The molecule has 0 unspecified atom stereocenters. The number of benzene rings is 2. The molecule has 2 aromatic carbocycles. The molecule has 3 rings (SSSR count). The van der Waals surface area contributed by atoms with Gasteiger partial charge < -0.3 is 5.32 Å². The Kier molecular flexibility index (Phi) is 7.29. The molecule has 0 aromatic heterocycles.